The first-order valence-electron chi connectivity index (χ1n) is 5.94. The average Bonchev–Trinajstić information content (AvgIpc) is 2.38. The number of nitrogens with one attached hydrogen (secondary N) is 1. The quantitative estimate of drug-likeness (QED) is 0.589. The number of hydrogen-bond donors (Lipinski definition) is 2. The molecule has 19 heavy (non-hydrogen) atoms. The van der Waals surface area contributed by atoms with E-state index in [1.807, 2.05) is 0 Å². The van der Waals surface area contributed by atoms with Crippen LogP contribution >= 0.6 is 28.1 Å². The van der Waals surface area contributed by atoms with Gasteiger partial charge in [0.2, 0.25) is 0 Å². The van der Waals surface area contributed by atoms with E-state index in [4.69, 9.17) is 22.7 Å². The lowest BCUT2D eigenvalue weighted by molar-refractivity contribution is 0.0952. The van der Waals surface area contributed by atoms with Gasteiger partial charge >= 0.3 is 0 Å². The zero-order valence-corrected chi connectivity index (χ0v) is 13.1. The van der Waals surface area contributed by atoms with E-state index >= 15 is 0 Å². The Morgan fingerprint density at radius 2 is 2.21 bits per heavy atom. The first-order valence-corrected chi connectivity index (χ1v) is 7.14. The van der Waals surface area contributed by atoms with Crippen LogP contribution in [0.3, 0.4) is 0 Å². The summed E-state index contributed by atoms with van der Waals surface area (Å²) in [7, 11) is 1.57. The van der Waals surface area contributed by atoms with E-state index in [1.54, 1.807) is 25.3 Å². The molecule has 0 spiro atoms. The van der Waals surface area contributed by atoms with Crippen LogP contribution in [0.15, 0.2) is 22.7 Å². The molecule has 0 aliphatic rings. The summed E-state index contributed by atoms with van der Waals surface area (Å²) in [4.78, 5) is 12.5. The zero-order valence-electron chi connectivity index (χ0n) is 10.7. The Morgan fingerprint density at radius 1 is 1.47 bits per heavy atom. The van der Waals surface area contributed by atoms with Crippen molar-refractivity contribution in [2.24, 2.45) is 5.73 Å². The maximum absolute atomic E-state index is 12.0. The summed E-state index contributed by atoms with van der Waals surface area (Å²) in [6.07, 6.45) is 2.45. The van der Waals surface area contributed by atoms with Gasteiger partial charge in [0.1, 0.15) is 5.75 Å². The summed E-state index contributed by atoms with van der Waals surface area (Å²) < 4.78 is 5.84. The van der Waals surface area contributed by atoms with Gasteiger partial charge in [0, 0.05) is 11.0 Å². The summed E-state index contributed by atoms with van der Waals surface area (Å²) in [5.41, 5.74) is 5.96. The Balaban J connectivity index is 2.47. The summed E-state index contributed by atoms with van der Waals surface area (Å²) in [6, 6.07) is 5.29. The maximum Gasteiger partial charge on any atom is 0.252 e. The van der Waals surface area contributed by atoms with Crippen molar-refractivity contribution in [3.8, 4) is 5.75 Å². The monoisotopic (exact) mass is 344 g/mol. The Kier molecular flexibility index (Phi) is 6.80. The number of carbonyl (C=O) groups is 1. The number of amides is 1. The largest absolute Gasteiger partial charge is 0.497 e. The Morgan fingerprint density at radius 3 is 2.84 bits per heavy atom. The van der Waals surface area contributed by atoms with Gasteiger partial charge in [-0.15, -0.1) is 0 Å². The number of halogens is 1. The molecule has 0 heterocycles. The first-order chi connectivity index (χ1) is 9.04. The smallest absolute Gasteiger partial charge is 0.252 e. The predicted molar refractivity (Wildman–Crippen MR) is 83.7 cm³/mol. The fourth-order valence-corrected chi connectivity index (χ4v) is 2.10. The van der Waals surface area contributed by atoms with Gasteiger partial charge < -0.3 is 15.8 Å². The molecule has 1 amide bonds. The topological polar surface area (TPSA) is 64.3 Å². The van der Waals surface area contributed by atoms with E-state index in [0.717, 1.165) is 17.3 Å². The molecule has 0 aromatic heterocycles. The summed E-state index contributed by atoms with van der Waals surface area (Å²) in [5, 5.41) is 2.86. The molecule has 0 fully saturated rings. The fourth-order valence-electron chi connectivity index (χ4n) is 1.53. The molecule has 0 bridgehead atoms. The van der Waals surface area contributed by atoms with E-state index in [0.29, 0.717) is 29.3 Å². The third kappa shape index (κ3) is 5.57. The van der Waals surface area contributed by atoms with Gasteiger partial charge in [-0.05, 0) is 53.4 Å². The average molecular weight is 345 g/mol. The third-order valence-electron chi connectivity index (χ3n) is 2.55. The summed E-state index contributed by atoms with van der Waals surface area (Å²) >= 11 is 8.14. The van der Waals surface area contributed by atoms with Crippen LogP contribution in [0, 0.1) is 0 Å². The van der Waals surface area contributed by atoms with E-state index in [2.05, 4.69) is 21.2 Å². The Hall–Kier alpha value is -1.14. The number of rotatable bonds is 7. The van der Waals surface area contributed by atoms with Crippen molar-refractivity contribution < 1.29 is 9.53 Å². The van der Waals surface area contributed by atoms with Crippen LogP contribution in [-0.2, 0) is 0 Å². The van der Waals surface area contributed by atoms with Crippen molar-refractivity contribution in [1.29, 1.82) is 0 Å². The van der Waals surface area contributed by atoms with Gasteiger partial charge in [0.05, 0.1) is 17.7 Å². The summed E-state index contributed by atoms with van der Waals surface area (Å²) in [5.74, 6) is 0.530. The van der Waals surface area contributed by atoms with Crippen LogP contribution in [0.25, 0.3) is 0 Å². The number of unbranched alkanes of at least 4 members (excludes halogenated alkanes) is 1. The molecule has 4 nitrogen and oxygen atoms in total. The molecule has 1 rings (SSSR count). The molecule has 3 N–H and O–H groups in total. The third-order valence-corrected chi connectivity index (χ3v) is 3.45. The minimum absolute atomic E-state index is 0.124. The van der Waals surface area contributed by atoms with Gasteiger partial charge in [-0.25, -0.2) is 0 Å². The minimum atomic E-state index is -0.124. The van der Waals surface area contributed by atoms with Crippen LogP contribution in [-0.4, -0.2) is 24.6 Å². The van der Waals surface area contributed by atoms with Crippen molar-refractivity contribution in [3.05, 3.63) is 28.2 Å². The molecular formula is C13H17BrN2O2S. The zero-order chi connectivity index (χ0) is 14.3. The van der Waals surface area contributed by atoms with E-state index < -0.39 is 0 Å². The van der Waals surface area contributed by atoms with E-state index in [1.165, 1.54) is 0 Å². The molecule has 0 aliphatic carbocycles. The van der Waals surface area contributed by atoms with Crippen molar-refractivity contribution >= 4 is 39.0 Å². The lowest BCUT2D eigenvalue weighted by Crippen LogP contribution is -2.25. The van der Waals surface area contributed by atoms with Crippen molar-refractivity contribution in [1.82, 2.24) is 5.32 Å². The Labute approximate surface area is 126 Å². The number of thiocarbonyl (C=S) groups is 1. The van der Waals surface area contributed by atoms with Crippen LogP contribution in [0.5, 0.6) is 5.75 Å². The normalized spacial score (nSPS) is 10.0. The predicted octanol–water partition coefficient (Wildman–Crippen LogP) is 2.64. The number of ether oxygens (including phenoxy) is 1. The second-order valence-electron chi connectivity index (χ2n) is 4.03. The lowest BCUT2D eigenvalue weighted by atomic mass is 10.2. The molecule has 104 valence electrons. The van der Waals surface area contributed by atoms with Crippen LogP contribution in [0.2, 0.25) is 0 Å². The van der Waals surface area contributed by atoms with Gasteiger partial charge in [0.25, 0.3) is 5.91 Å². The molecule has 0 aliphatic heterocycles. The summed E-state index contributed by atoms with van der Waals surface area (Å²) in [6.45, 7) is 0.602. The molecule has 0 atom stereocenters. The highest BCUT2D eigenvalue weighted by Crippen LogP contribution is 2.22. The SMILES string of the molecule is COc1ccc(Br)c(C(=O)NCCCCC(N)=S)c1. The first kappa shape index (κ1) is 15.9. The van der Waals surface area contributed by atoms with Crippen LogP contribution in [0.1, 0.15) is 29.6 Å². The number of benzene rings is 1. The van der Waals surface area contributed by atoms with Crippen LogP contribution in [0.4, 0.5) is 0 Å². The number of nitrogens with two attached hydrogens (primary N) is 1. The molecule has 0 saturated heterocycles. The lowest BCUT2D eigenvalue weighted by Gasteiger charge is -2.08. The highest BCUT2D eigenvalue weighted by molar-refractivity contribution is 9.10. The van der Waals surface area contributed by atoms with Crippen LogP contribution < -0.4 is 15.8 Å². The van der Waals surface area contributed by atoms with E-state index in [9.17, 15) is 4.79 Å². The Bertz CT molecular complexity index is 466. The number of methoxy groups -OCH3 is 1. The van der Waals surface area contributed by atoms with Gasteiger partial charge in [-0.1, -0.05) is 12.2 Å². The fraction of sp³-hybridized carbons (Fsp3) is 0.385. The molecule has 0 unspecified atom stereocenters. The standard InChI is InChI=1S/C13H17BrN2O2S/c1-18-9-5-6-11(14)10(8-9)13(17)16-7-3-2-4-12(15)19/h5-6,8H,2-4,7H2,1H3,(H2,15,19)(H,16,17). The molecule has 0 saturated carbocycles. The molecule has 6 heteroatoms. The molecular weight excluding hydrogens is 328 g/mol. The minimum Gasteiger partial charge on any atom is -0.497 e. The molecule has 0 radical (unpaired) electrons. The van der Waals surface area contributed by atoms with Gasteiger partial charge in [0.15, 0.2) is 0 Å². The second-order valence-corrected chi connectivity index (χ2v) is 5.40. The van der Waals surface area contributed by atoms with Crippen molar-refractivity contribution in [2.75, 3.05) is 13.7 Å². The highest BCUT2D eigenvalue weighted by Gasteiger charge is 2.10. The molecule has 1 aromatic rings. The highest BCUT2D eigenvalue weighted by atomic mass is 79.9. The number of hydrogen-bond acceptors (Lipinski definition) is 3. The van der Waals surface area contributed by atoms with Gasteiger partial charge in [-0.2, -0.15) is 0 Å². The number of carbonyl (C=O) groups excluding carboxylic acids is 1. The molecule has 1 aromatic carbocycles. The van der Waals surface area contributed by atoms with Gasteiger partial charge in [-0.3, -0.25) is 4.79 Å². The van der Waals surface area contributed by atoms with Crippen molar-refractivity contribution in [3.63, 3.8) is 0 Å². The van der Waals surface area contributed by atoms with Crippen molar-refractivity contribution in [2.45, 2.75) is 19.3 Å². The maximum atomic E-state index is 12.0. The van der Waals surface area contributed by atoms with E-state index in [-0.39, 0.29) is 5.91 Å². The second kappa shape index (κ2) is 8.12.